The molecule has 2 aromatic carbocycles. The molecule has 0 aliphatic carbocycles. The molecule has 1 aliphatic rings. The second-order valence-electron chi connectivity index (χ2n) is 6.87. The zero-order valence-electron chi connectivity index (χ0n) is 15.2. The van der Waals surface area contributed by atoms with Gasteiger partial charge in [0.2, 0.25) is 0 Å². The van der Waals surface area contributed by atoms with E-state index in [1.165, 1.54) is 12.1 Å². The summed E-state index contributed by atoms with van der Waals surface area (Å²) in [6.07, 6.45) is 5.48. The van der Waals surface area contributed by atoms with Crippen LogP contribution in [0, 0.1) is 5.82 Å². The maximum atomic E-state index is 13.4. The van der Waals surface area contributed by atoms with Crippen LogP contribution in [-0.2, 0) is 0 Å². The van der Waals surface area contributed by atoms with Crippen molar-refractivity contribution in [3.63, 3.8) is 0 Å². The van der Waals surface area contributed by atoms with Crippen molar-refractivity contribution in [3.8, 4) is 5.69 Å². The van der Waals surface area contributed by atoms with Crippen molar-refractivity contribution < 1.29 is 9.18 Å². The number of piperidine rings is 1. The number of anilines is 1. The van der Waals surface area contributed by atoms with E-state index in [0.717, 1.165) is 18.4 Å². The quantitative estimate of drug-likeness (QED) is 0.669. The van der Waals surface area contributed by atoms with E-state index in [9.17, 15) is 9.18 Å². The molecule has 3 aromatic rings. The fraction of sp³-hybridized carbons (Fsp3) is 0.238. The number of hydrogen-bond acceptors (Lipinski definition) is 2. The number of likely N-dealkylation sites (tertiary alicyclic amines) is 1. The van der Waals surface area contributed by atoms with Crippen LogP contribution in [0.2, 0.25) is 5.02 Å². The zero-order chi connectivity index (χ0) is 19.5. The number of benzene rings is 2. The van der Waals surface area contributed by atoms with E-state index >= 15 is 0 Å². The third-order valence-electron chi connectivity index (χ3n) is 5.04. The Morgan fingerprint density at radius 1 is 1.14 bits per heavy atom. The Morgan fingerprint density at radius 3 is 2.68 bits per heavy atom. The molecular weight excluding hydrogens is 379 g/mol. The summed E-state index contributed by atoms with van der Waals surface area (Å²) in [5.41, 5.74) is 2.42. The maximum Gasteiger partial charge on any atom is 0.321 e. The number of nitrogens with zero attached hydrogens (tertiary/aromatic N) is 3. The number of carbonyl (C=O) groups is 1. The van der Waals surface area contributed by atoms with Crippen LogP contribution in [-0.4, -0.2) is 33.8 Å². The first-order valence-electron chi connectivity index (χ1n) is 9.21. The first-order valence-corrected chi connectivity index (χ1v) is 9.59. The van der Waals surface area contributed by atoms with Gasteiger partial charge in [0.1, 0.15) is 5.82 Å². The number of amides is 2. The molecule has 28 heavy (non-hydrogen) atoms. The number of aromatic nitrogens is 2. The number of rotatable bonds is 3. The molecule has 2 heterocycles. The van der Waals surface area contributed by atoms with Gasteiger partial charge in [0, 0.05) is 19.3 Å². The van der Waals surface area contributed by atoms with Crippen molar-refractivity contribution in [1.29, 1.82) is 0 Å². The van der Waals surface area contributed by atoms with Gasteiger partial charge in [0.15, 0.2) is 0 Å². The molecule has 0 unspecified atom stereocenters. The molecule has 0 bridgehead atoms. The van der Waals surface area contributed by atoms with Crippen molar-refractivity contribution >= 4 is 23.3 Å². The van der Waals surface area contributed by atoms with Gasteiger partial charge in [0.25, 0.3) is 0 Å². The number of halogens is 2. The van der Waals surface area contributed by atoms with Crippen LogP contribution in [0.1, 0.15) is 24.3 Å². The van der Waals surface area contributed by atoms with Crippen LogP contribution in [0.5, 0.6) is 0 Å². The molecular formula is C21H20ClFN4O. The largest absolute Gasteiger partial charge is 0.324 e. The summed E-state index contributed by atoms with van der Waals surface area (Å²) in [6, 6.07) is 13.4. The highest BCUT2D eigenvalue weighted by atomic mass is 35.5. The number of nitrogens with one attached hydrogen (secondary N) is 1. The van der Waals surface area contributed by atoms with E-state index in [1.807, 2.05) is 30.6 Å². The first kappa shape index (κ1) is 18.5. The SMILES string of the molecule is O=C(Nc1ccccc1Cl)N1CCC(c2cnn(-c3cccc(F)c3)c2)CC1. The van der Waals surface area contributed by atoms with Gasteiger partial charge in [-0.15, -0.1) is 0 Å². The van der Waals surface area contributed by atoms with Gasteiger partial charge >= 0.3 is 6.03 Å². The molecule has 0 atom stereocenters. The molecule has 7 heteroatoms. The van der Waals surface area contributed by atoms with Gasteiger partial charge in [0.05, 0.1) is 22.6 Å². The standard InChI is InChI=1S/C21H20ClFN4O/c22-19-6-1-2-7-20(19)25-21(28)26-10-8-15(9-11-26)16-13-24-27(14-16)18-5-3-4-17(23)12-18/h1-7,12-15H,8-11H2,(H,25,28). The molecule has 1 N–H and O–H groups in total. The highest BCUT2D eigenvalue weighted by molar-refractivity contribution is 6.33. The Kier molecular flexibility index (Phi) is 5.30. The average Bonchev–Trinajstić information content (AvgIpc) is 3.20. The predicted molar refractivity (Wildman–Crippen MR) is 108 cm³/mol. The second-order valence-corrected chi connectivity index (χ2v) is 7.28. The van der Waals surface area contributed by atoms with Crippen LogP contribution in [0.15, 0.2) is 60.9 Å². The van der Waals surface area contributed by atoms with Gasteiger partial charge in [-0.2, -0.15) is 5.10 Å². The molecule has 2 amide bonds. The highest BCUT2D eigenvalue weighted by Gasteiger charge is 2.25. The predicted octanol–water partition coefficient (Wildman–Crippen LogP) is 5.08. The Balaban J connectivity index is 1.37. The average molecular weight is 399 g/mol. The maximum absolute atomic E-state index is 13.4. The van der Waals surface area contributed by atoms with Crippen LogP contribution in [0.4, 0.5) is 14.9 Å². The summed E-state index contributed by atoms with van der Waals surface area (Å²) >= 11 is 6.11. The molecule has 0 radical (unpaired) electrons. The van der Waals surface area contributed by atoms with E-state index in [4.69, 9.17) is 11.6 Å². The van der Waals surface area contributed by atoms with Crippen LogP contribution >= 0.6 is 11.6 Å². The fourth-order valence-corrected chi connectivity index (χ4v) is 3.66. The highest BCUT2D eigenvalue weighted by Crippen LogP contribution is 2.29. The summed E-state index contributed by atoms with van der Waals surface area (Å²) < 4.78 is 15.1. The normalized spacial score (nSPS) is 14.9. The molecule has 1 fully saturated rings. The third kappa shape index (κ3) is 4.02. The third-order valence-corrected chi connectivity index (χ3v) is 5.37. The molecule has 1 aliphatic heterocycles. The van der Waals surface area contributed by atoms with E-state index < -0.39 is 0 Å². The summed E-state index contributed by atoms with van der Waals surface area (Å²) in [4.78, 5) is 14.3. The lowest BCUT2D eigenvalue weighted by Crippen LogP contribution is -2.40. The van der Waals surface area contributed by atoms with Gasteiger partial charge in [-0.3, -0.25) is 0 Å². The second kappa shape index (κ2) is 8.02. The van der Waals surface area contributed by atoms with Crippen molar-refractivity contribution in [2.45, 2.75) is 18.8 Å². The topological polar surface area (TPSA) is 50.2 Å². The minimum atomic E-state index is -0.285. The number of urea groups is 1. The van der Waals surface area contributed by atoms with Gasteiger partial charge in [-0.05, 0) is 54.7 Å². The Hall–Kier alpha value is -2.86. The van der Waals surface area contributed by atoms with Gasteiger partial charge in [-0.1, -0.05) is 29.8 Å². The van der Waals surface area contributed by atoms with Crippen LogP contribution in [0.25, 0.3) is 5.69 Å². The lowest BCUT2D eigenvalue weighted by molar-refractivity contribution is 0.194. The lowest BCUT2D eigenvalue weighted by Gasteiger charge is -2.31. The molecule has 5 nitrogen and oxygen atoms in total. The number of para-hydroxylation sites is 1. The van der Waals surface area contributed by atoms with E-state index in [2.05, 4.69) is 10.4 Å². The lowest BCUT2D eigenvalue weighted by atomic mass is 9.92. The van der Waals surface area contributed by atoms with Crippen LogP contribution < -0.4 is 5.32 Å². The van der Waals surface area contributed by atoms with Crippen molar-refractivity contribution in [2.24, 2.45) is 0 Å². The zero-order valence-corrected chi connectivity index (χ0v) is 15.9. The first-order chi connectivity index (χ1) is 13.6. The minimum absolute atomic E-state index is 0.137. The summed E-state index contributed by atoms with van der Waals surface area (Å²) in [5.74, 6) is 0.0408. The van der Waals surface area contributed by atoms with E-state index in [0.29, 0.717) is 35.4 Å². The molecule has 0 saturated carbocycles. The van der Waals surface area contributed by atoms with Crippen molar-refractivity contribution in [3.05, 3.63) is 77.3 Å². The number of carbonyl (C=O) groups excluding carboxylic acids is 1. The Labute approximate surface area is 167 Å². The van der Waals surface area contributed by atoms with Gasteiger partial charge in [-0.25, -0.2) is 13.9 Å². The fourth-order valence-electron chi connectivity index (χ4n) is 3.48. The molecule has 4 rings (SSSR count). The summed E-state index contributed by atoms with van der Waals surface area (Å²) in [5, 5.41) is 7.76. The molecule has 1 aromatic heterocycles. The van der Waals surface area contributed by atoms with E-state index in [1.54, 1.807) is 27.8 Å². The molecule has 1 saturated heterocycles. The number of hydrogen-bond donors (Lipinski definition) is 1. The van der Waals surface area contributed by atoms with Crippen LogP contribution in [0.3, 0.4) is 0 Å². The van der Waals surface area contributed by atoms with Crippen molar-refractivity contribution in [2.75, 3.05) is 18.4 Å². The summed E-state index contributed by atoms with van der Waals surface area (Å²) in [6.45, 7) is 1.32. The van der Waals surface area contributed by atoms with Gasteiger partial charge < -0.3 is 10.2 Å². The molecule has 0 spiro atoms. The summed E-state index contributed by atoms with van der Waals surface area (Å²) in [7, 11) is 0. The Morgan fingerprint density at radius 2 is 1.93 bits per heavy atom. The van der Waals surface area contributed by atoms with E-state index in [-0.39, 0.29) is 11.8 Å². The Bertz CT molecular complexity index is 982. The smallest absolute Gasteiger partial charge is 0.321 e. The minimum Gasteiger partial charge on any atom is -0.324 e. The molecule has 144 valence electrons. The monoisotopic (exact) mass is 398 g/mol. The van der Waals surface area contributed by atoms with Crippen molar-refractivity contribution in [1.82, 2.24) is 14.7 Å².